The van der Waals surface area contributed by atoms with Crippen molar-refractivity contribution in [1.82, 2.24) is 0 Å². The number of carboxylic acids is 2. The molecule has 0 heterocycles. The largest absolute Gasteiger partial charge is 0.477 e. The van der Waals surface area contributed by atoms with Crippen molar-refractivity contribution in [2.45, 2.75) is 0 Å². The van der Waals surface area contributed by atoms with Crippen LogP contribution in [0.4, 0.5) is 17.1 Å². The van der Waals surface area contributed by atoms with Gasteiger partial charge in [0.2, 0.25) is 0 Å². The fourth-order valence-corrected chi connectivity index (χ4v) is 3.37. The minimum absolute atomic E-state index is 0.250. The van der Waals surface area contributed by atoms with Crippen molar-refractivity contribution in [2.75, 3.05) is 4.90 Å². The zero-order valence-electron chi connectivity index (χ0n) is 20.6. The summed E-state index contributed by atoms with van der Waals surface area (Å²) in [4.78, 5) is 40.5. The number of nitrogens with zero attached hydrogens (tertiary/aromatic N) is 4. The van der Waals surface area contributed by atoms with E-state index in [0.717, 1.165) is 22.6 Å². The van der Waals surface area contributed by atoms with Gasteiger partial charge in [0.05, 0.1) is 6.07 Å². The summed E-state index contributed by atoms with van der Waals surface area (Å²) in [6.45, 7) is 0. The van der Waals surface area contributed by atoms with Crippen LogP contribution in [0.5, 0.6) is 0 Å². The summed E-state index contributed by atoms with van der Waals surface area (Å²) in [5.74, 6) is -2.62. The number of benzene rings is 3. The number of allylic oxidation sites excluding steroid dienone is 1. The third-order valence-corrected chi connectivity index (χ3v) is 5.13. The first-order valence-corrected chi connectivity index (χ1v) is 11.1. The van der Waals surface area contributed by atoms with Gasteiger partial charge in [0.1, 0.15) is 23.3 Å². The van der Waals surface area contributed by atoms with Gasteiger partial charge in [-0.3, -0.25) is 0 Å². The summed E-state index contributed by atoms with van der Waals surface area (Å²) < 4.78 is 0. The maximum absolute atomic E-state index is 11.1. The molecule has 194 valence electrons. The summed E-state index contributed by atoms with van der Waals surface area (Å²) in [6, 6.07) is 26.6. The van der Waals surface area contributed by atoms with Crippen LogP contribution in [0.15, 0.2) is 90.0 Å². The van der Waals surface area contributed by atoms with E-state index in [1.807, 2.05) is 35.2 Å². The average Bonchev–Trinajstić information content (AvgIpc) is 2.96. The Hall–Kier alpha value is -6.53. The van der Waals surface area contributed by atoms with Gasteiger partial charge < -0.3 is 15.1 Å². The van der Waals surface area contributed by atoms with E-state index in [9.17, 15) is 9.59 Å². The average molecular weight is 530 g/mol. The molecule has 3 rings (SSSR count). The topological polar surface area (TPSA) is 183 Å². The molecule has 0 saturated heterocycles. The molecule has 0 aliphatic heterocycles. The van der Waals surface area contributed by atoms with Crippen LogP contribution >= 0.6 is 0 Å². The van der Waals surface area contributed by atoms with Gasteiger partial charge in [0, 0.05) is 23.1 Å². The number of carbonyl (C=O) groups excluding carboxylic acids is 2. The summed E-state index contributed by atoms with van der Waals surface area (Å²) in [5, 5.41) is 45.0. The van der Waals surface area contributed by atoms with Crippen molar-refractivity contribution in [3.8, 4) is 18.2 Å². The third kappa shape index (κ3) is 8.26. The molecular formula is C30H18N4O6. The molecular weight excluding hydrogens is 512 g/mol. The van der Waals surface area contributed by atoms with E-state index in [2.05, 4.69) is 0 Å². The fraction of sp³-hybridized carbons (Fsp3) is 0. The van der Waals surface area contributed by atoms with Crippen molar-refractivity contribution in [1.29, 1.82) is 15.8 Å². The summed E-state index contributed by atoms with van der Waals surface area (Å²) in [5.41, 5.74) is 3.40. The molecule has 0 saturated carbocycles. The quantitative estimate of drug-likeness (QED) is 0.293. The highest BCUT2D eigenvalue weighted by Gasteiger charge is 2.13. The van der Waals surface area contributed by atoms with Gasteiger partial charge in [-0.15, -0.1) is 0 Å². The Kier molecular flexibility index (Phi) is 11.1. The van der Waals surface area contributed by atoms with E-state index in [1.54, 1.807) is 66.7 Å². The van der Waals surface area contributed by atoms with Crippen LogP contribution in [-0.2, 0) is 19.2 Å². The molecule has 2 N–H and O–H groups in total. The number of anilines is 3. The SMILES string of the molecule is N#CC=Cc1ccc(N(c2ccc(/C=C(/C#N)C(=O)O)cc2)c2ccc(/C=C(\C#N)C(=O)O)cc2)cc1.O=C=O. The molecule has 0 aliphatic rings. The number of hydrogen-bond donors (Lipinski definition) is 2. The normalized spacial score (nSPS) is 10.6. The van der Waals surface area contributed by atoms with Crippen LogP contribution in [0.1, 0.15) is 16.7 Å². The molecule has 0 aromatic heterocycles. The van der Waals surface area contributed by atoms with E-state index in [4.69, 9.17) is 35.6 Å². The molecule has 0 aliphatic carbocycles. The third-order valence-electron chi connectivity index (χ3n) is 5.13. The van der Waals surface area contributed by atoms with Crippen molar-refractivity contribution in [2.24, 2.45) is 0 Å². The lowest BCUT2D eigenvalue weighted by atomic mass is 10.1. The van der Waals surface area contributed by atoms with Gasteiger partial charge in [-0.1, -0.05) is 36.4 Å². The predicted octanol–water partition coefficient (Wildman–Crippen LogP) is 5.09. The van der Waals surface area contributed by atoms with E-state index in [0.29, 0.717) is 11.1 Å². The van der Waals surface area contributed by atoms with E-state index >= 15 is 0 Å². The Morgan fingerprint density at radius 3 is 1.23 bits per heavy atom. The van der Waals surface area contributed by atoms with Gasteiger partial charge in [-0.2, -0.15) is 25.4 Å². The molecule has 10 heteroatoms. The number of carbonyl (C=O) groups is 2. The van der Waals surface area contributed by atoms with E-state index < -0.39 is 11.9 Å². The molecule has 3 aromatic rings. The number of carboxylic acid groups (broad SMARTS) is 2. The summed E-state index contributed by atoms with van der Waals surface area (Å²) >= 11 is 0. The molecule has 0 atom stereocenters. The van der Waals surface area contributed by atoms with Crippen molar-refractivity contribution in [3.05, 3.63) is 107 Å². The number of nitriles is 3. The van der Waals surface area contributed by atoms with Gasteiger partial charge in [-0.05, 0) is 71.3 Å². The first-order chi connectivity index (χ1) is 19.3. The molecule has 0 unspecified atom stereocenters. The van der Waals surface area contributed by atoms with E-state index in [1.165, 1.54) is 18.2 Å². The van der Waals surface area contributed by atoms with Gasteiger partial charge in [0.15, 0.2) is 0 Å². The van der Waals surface area contributed by atoms with Crippen molar-refractivity contribution in [3.63, 3.8) is 0 Å². The van der Waals surface area contributed by atoms with Crippen LogP contribution < -0.4 is 4.90 Å². The first kappa shape index (κ1) is 29.7. The van der Waals surface area contributed by atoms with Crippen LogP contribution in [0, 0.1) is 34.0 Å². The fourth-order valence-electron chi connectivity index (χ4n) is 3.37. The zero-order valence-corrected chi connectivity index (χ0v) is 20.6. The van der Waals surface area contributed by atoms with E-state index in [-0.39, 0.29) is 17.3 Å². The monoisotopic (exact) mass is 530 g/mol. The lowest BCUT2D eigenvalue weighted by molar-refractivity contribution is -0.191. The highest BCUT2D eigenvalue weighted by Crippen LogP contribution is 2.35. The Morgan fingerprint density at radius 2 is 0.950 bits per heavy atom. The van der Waals surface area contributed by atoms with Crippen LogP contribution in [-0.4, -0.2) is 28.3 Å². The molecule has 10 nitrogen and oxygen atoms in total. The number of hydrogen-bond acceptors (Lipinski definition) is 8. The molecule has 0 bridgehead atoms. The zero-order chi connectivity index (χ0) is 29.5. The maximum Gasteiger partial charge on any atom is 0.373 e. The van der Waals surface area contributed by atoms with Crippen LogP contribution in [0.25, 0.3) is 18.2 Å². The minimum Gasteiger partial charge on any atom is -0.477 e. The van der Waals surface area contributed by atoms with Crippen LogP contribution in [0.2, 0.25) is 0 Å². The molecule has 0 radical (unpaired) electrons. The smallest absolute Gasteiger partial charge is 0.373 e. The minimum atomic E-state index is -1.31. The first-order valence-electron chi connectivity index (χ1n) is 11.1. The molecule has 40 heavy (non-hydrogen) atoms. The highest BCUT2D eigenvalue weighted by atomic mass is 16.4. The molecule has 0 fully saturated rings. The highest BCUT2D eigenvalue weighted by molar-refractivity contribution is 5.97. The van der Waals surface area contributed by atoms with Crippen LogP contribution in [0.3, 0.4) is 0 Å². The predicted molar refractivity (Wildman–Crippen MR) is 143 cm³/mol. The van der Waals surface area contributed by atoms with Gasteiger partial charge in [-0.25, -0.2) is 9.59 Å². The number of rotatable bonds is 8. The molecule has 0 amide bonds. The Labute approximate surface area is 228 Å². The molecule has 0 spiro atoms. The Bertz CT molecular complexity index is 1540. The van der Waals surface area contributed by atoms with Crippen molar-refractivity contribution < 1.29 is 29.4 Å². The standard InChI is InChI=1S/C29H18N4O4.CO2/c30-15-1-2-20-3-9-25(10-4-20)33(26-11-5-21(6-12-26)16-23(18-31)28(34)35)27-13-7-22(8-14-27)17-24(19-32)29(36)37;2-1-3/h1-14,16-17H,(H,34,35)(H,36,37);/b2-1?,23-16-,24-17+;. The number of aliphatic carboxylic acids is 2. The summed E-state index contributed by atoms with van der Waals surface area (Å²) in [7, 11) is 0. The van der Waals surface area contributed by atoms with Gasteiger partial charge in [0.25, 0.3) is 0 Å². The van der Waals surface area contributed by atoms with Crippen molar-refractivity contribution >= 4 is 53.4 Å². The lowest BCUT2D eigenvalue weighted by Crippen LogP contribution is -2.10. The second kappa shape index (κ2) is 14.9. The Balaban J connectivity index is 0.00000178. The maximum atomic E-state index is 11.1. The molecule has 3 aromatic carbocycles. The second-order valence-electron chi connectivity index (χ2n) is 7.61. The second-order valence-corrected chi connectivity index (χ2v) is 7.61. The van der Waals surface area contributed by atoms with Gasteiger partial charge >= 0.3 is 18.1 Å². The summed E-state index contributed by atoms with van der Waals surface area (Å²) in [6.07, 6.45) is 5.87. The lowest BCUT2D eigenvalue weighted by Gasteiger charge is -2.26. The Morgan fingerprint density at radius 1 is 0.625 bits per heavy atom.